The van der Waals surface area contributed by atoms with Gasteiger partial charge in [-0.15, -0.1) is 0 Å². The van der Waals surface area contributed by atoms with E-state index in [2.05, 4.69) is 27.7 Å². The third-order valence-electron chi connectivity index (χ3n) is 3.58. The third kappa shape index (κ3) is 7.24. The maximum Gasteiger partial charge on any atom is 0.0620 e. The monoisotopic (exact) mass is 229 g/mol. The van der Waals surface area contributed by atoms with Crippen LogP contribution < -0.4 is 5.73 Å². The maximum atomic E-state index is 6.03. The van der Waals surface area contributed by atoms with Crippen molar-refractivity contribution in [3.05, 3.63) is 0 Å². The third-order valence-corrected chi connectivity index (χ3v) is 3.58. The Balaban J connectivity index is 3.60. The van der Waals surface area contributed by atoms with Crippen molar-refractivity contribution in [2.45, 2.75) is 65.8 Å². The molecule has 98 valence electrons. The largest absolute Gasteiger partial charge is 0.380 e. The van der Waals surface area contributed by atoms with Crippen molar-refractivity contribution < 1.29 is 4.74 Å². The summed E-state index contributed by atoms with van der Waals surface area (Å²) in [5.41, 5.74) is 6.03. The van der Waals surface area contributed by atoms with Gasteiger partial charge in [-0.2, -0.15) is 0 Å². The Hall–Kier alpha value is -0.0800. The van der Waals surface area contributed by atoms with Crippen molar-refractivity contribution in [2.75, 3.05) is 13.2 Å². The average molecular weight is 229 g/mol. The molecule has 2 N–H and O–H groups in total. The van der Waals surface area contributed by atoms with E-state index in [0.717, 1.165) is 25.6 Å². The summed E-state index contributed by atoms with van der Waals surface area (Å²) >= 11 is 0. The molecular weight excluding hydrogens is 198 g/mol. The minimum absolute atomic E-state index is 0.202. The first-order valence-corrected chi connectivity index (χ1v) is 6.98. The van der Waals surface area contributed by atoms with Gasteiger partial charge in [0.2, 0.25) is 0 Å². The molecule has 3 atom stereocenters. The van der Waals surface area contributed by atoms with Crippen LogP contribution in [0.15, 0.2) is 0 Å². The van der Waals surface area contributed by atoms with E-state index in [-0.39, 0.29) is 6.04 Å². The van der Waals surface area contributed by atoms with Gasteiger partial charge in [-0.3, -0.25) is 0 Å². The Morgan fingerprint density at radius 3 is 2.25 bits per heavy atom. The highest BCUT2D eigenvalue weighted by Gasteiger charge is 2.12. The molecule has 0 saturated carbocycles. The highest BCUT2D eigenvalue weighted by molar-refractivity contribution is 4.67. The number of unbranched alkanes of at least 4 members (excludes halogenated alkanes) is 1. The van der Waals surface area contributed by atoms with E-state index < -0.39 is 0 Å². The normalized spacial score (nSPS) is 17.1. The van der Waals surface area contributed by atoms with Gasteiger partial charge >= 0.3 is 0 Å². The summed E-state index contributed by atoms with van der Waals surface area (Å²) in [6.07, 6.45) is 6.25. The zero-order chi connectivity index (χ0) is 12.4. The second kappa shape index (κ2) is 10.1. The molecule has 0 bridgehead atoms. The second-order valence-corrected chi connectivity index (χ2v) is 5.00. The molecule has 2 heteroatoms. The molecule has 3 unspecified atom stereocenters. The van der Waals surface area contributed by atoms with E-state index in [9.17, 15) is 0 Å². The van der Waals surface area contributed by atoms with Crippen LogP contribution in [-0.2, 0) is 4.74 Å². The molecule has 0 spiro atoms. The van der Waals surface area contributed by atoms with E-state index in [1.807, 2.05) is 0 Å². The van der Waals surface area contributed by atoms with Gasteiger partial charge in [0.05, 0.1) is 6.61 Å². The van der Waals surface area contributed by atoms with Crippen molar-refractivity contribution in [2.24, 2.45) is 17.6 Å². The van der Waals surface area contributed by atoms with Crippen LogP contribution in [0.4, 0.5) is 0 Å². The van der Waals surface area contributed by atoms with E-state index in [1.165, 1.54) is 25.7 Å². The maximum absolute atomic E-state index is 6.03. The molecule has 0 heterocycles. The van der Waals surface area contributed by atoms with Gasteiger partial charge in [-0.05, 0) is 18.3 Å². The lowest BCUT2D eigenvalue weighted by atomic mass is 9.99. The number of nitrogens with two attached hydrogens (primary N) is 1. The van der Waals surface area contributed by atoms with Crippen molar-refractivity contribution in [1.82, 2.24) is 0 Å². The minimum atomic E-state index is 0.202. The summed E-state index contributed by atoms with van der Waals surface area (Å²) in [5, 5.41) is 0. The Bertz CT molecular complexity index is 150. The van der Waals surface area contributed by atoms with E-state index in [0.29, 0.717) is 5.92 Å². The van der Waals surface area contributed by atoms with Crippen molar-refractivity contribution >= 4 is 0 Å². The zero-order valence-electron chi connectivity index (χ0n) is 11.7. The van der Waals surface area contributed by atoms with E-state index in [4.69, 9.17) is 10.5 Å². The van der Waals surface area contributed by atoms with Crippen LogP contribution in [0.1, 0.15) is 59.8 Å². The molecule has 0 aliphatic carbocycles. The van der Waals surface area contributed by atoms with Gasteiger partial charge < -0.3 is 10.5 Å². The molecule has 0 rings (SSSR count). The number of rotatable bonds is 10. The summed E-state index contributed by atoms with van der Waals surface area (Å²) in [5.74, 6) is 1.29. The molecule has 0 saturated heterocycles. The van der Waals surface area contributed by atoms with Gasteiger partial charge in [0.25, 0.3) is 0 Å². The molecule has 0 aromatic rings. The molecule has 0 aliphatic heterocycles. The second-order valence-electron chi connectivity index (χ2n) is 5.00. The molecule has 16 heavy (non-hydrogen) atoms. The van der Waals surface area contributed by atoms with Crippen LogP contribution in [-0.4, -0.2) is 19.3 Å². The van der Waals surface area contributed by atoms with Crippen LogP contribution in [0.2, 0.25) is 0 Å². The number of ether oxygens (including phenoxy) is 1. The number of hydrogen-bond acceptors (Lipinski definition) is 2. The summed E-state index contributed by atoms with van der Waals surface area (Å²) in [7, 11) is 0. The summed E-state index contributed by atoms with van der Waals surface area (Å²) in [4.78, 5) is 0. The fourth-order valence-corrected chi connectivity index (χ4v) is 1.74. The molecular formula is C14H31NO. The number of hydrogen-bond donors (Lipinski definition) is 1. The van der Waals surface area contributed by atoms with Crippen LogP contribution in [0.3, 0.4) is 0 Å². The van der Waals surface area contributed by atoms with Crippen LogP contribution in [0, 0.1) is 11.8 Å². The molecule has 0 aromatic heterocycles. The Kier molecular flexibility index (Phi) is 10.0. The first-order valence-electron chi connectivity index (χ1n) is 6.98. The summed E-state index contributed by atoms with van der Waals surface area (Å²) in [6, 6.07) is 0.202. The average Bonchev–Trinajstić information content (AvgIpc) is 2.32. The van der Waals surface area contributed by atoms with Gasteiger partial charge in [-0.25, -0.2) is 0 Å². The first-order chi connectivity index (χ1) is 7.65. The minimum Gasteiger partial charge on any atom is -0.380 e. The SMILES string of the molecule is CCCCC(CC)COCC(N)C(C)CC. The van der Waals surface area contributed by atoms with Gasteiger partial charge in [0.15, 0.2) is 0 Å². The van der Waals surface area contributed by atoms with E-state index >= 15 is 0 Å². The van der Waals surface area contributed by atoms with Gasteiger partial charge in [0.1, 0.15) is 0 Å². The Morgan fingerprint density at radius 2 is 1.75 bits per heavy atom. The fraction of sp³-hybridized carbons (Fsp3) is 1.00. The molecule has 2 nitrogen and oxygen atoms in total. The molecule has 0 aliphatic rings. The summed E-state index contributed by atoms with van der Waals surface area (Å²) in [6.45, 7) is 10.5. The smallest absolute Gasteiger partial charge is 0.0620 e. The van der Waals surface area contributed by atoms with Crippen molar-refractivity contribution in [3.8, 4) is 0 Å². The van der Waals surface area contributed by atoms with Crippen LogP contribution in [0.5, 0.6) is 0 Å². The topological polar surface area (TPSA) is 35.2 Å². The van der Waals surface area contributed by atoms with Crippen LogP contribution in [0.25, 0.3) is 0 Å². The Labute approximate surface area is 102 Å². The van der Waals surface area contributed by atoms with Gasteiger partial charge in [-0.1, -0.05) is 53.4 Å². The quantitative estimate of drug-likeness (QED) is 0.621. The van der Waals surface area contributed by atoms with E-state index in [1.54, 1.807) is 0 Å². The highest BCUT2D eigenvalue weighted by Crippen LogP contribution is 2.13. The van der Waals surface area contributed by atoms with Crippen LogP contribution >= 0.6 is 0 Å². The molecule has 0 amide bonds. The fourth-order valence-electron chi connectivity index (χ4n) is 1.74. The predicted molar refractivity (Wildman–Crippen MR) is 71.6 cm³/mol. The lowest BCUT2D eigenvalue weighted by molar-refractivity contribution is 0.0737. The zero-order valence-corrected chi connectivity index (χ0v) is 11.7. The van der Waals surface area contributed by atoms with Crippen molar-refractivity contribution in [3.63, 3.8) is 0 Å². The Morgan fingerprint density at radius 1 is 1.06 bits per heavy atom. The lowest BCUT2D eigenvalue weighted by Gasteiger charge is -2.20. The standard InChI is InChI=1S/C14H31NO/c1-5-8-9-13(7-3)10-16-11-14(15)12(4)6-2/h12-14H,5-11,15H2,1-4H3. The lowest BCUT2D eigenvalue weighted by Crippen LogP contribution is -2.33. The van der Waals surface area contributed by atoms with Crippen molar-refractivity contribution in [1.29, 1.82) is 0 Å². The first kappa shape index (κ1) is 15.9. The highest BCUT2D eigenvalue weighted by atomic mass is 16.5. The summed E-state index contributed by atoms with van der Waals surface area (Å²) < 4.78 is 5.74. The predicted octanol–water partition coefficient (Wildman–Crippen LogP) is 3.59. The molecule has 0 radical (unpaired) electrons. The molecule has 0 aromatic carbocycles. The van der Waals surface area contributed by atoms with Gasteiger partial charge in [0, 0.05) is 12.6 Å². The molecule has 0 fully saturated rings.